The summed E-state index contributed by atoms with van der Waals surface area (Å²) in [4.78, 5) is 12.8. The third-order valence-electron chi connectivity index (χ3n) is 4.81. The van der Waals surface area contributed by atoms with Crippen molar-refractivity contribution in [3.8, 4) is 17.6 Å². The molecule has 1 aliphatic rings. The van der Waals surface area contributed by atoms with E-state index in [1.54, 1.807) is 30.5 Å². The maximum absolute atomic E-state index is 12.8. The molecule has 0 saturated carbocycles. The summed E-state index contributed by atoms with van der Waals surface area (Å²) in [5.74, 6) is 1.60. The number of carbonyl (C=O) groups is 1. The first kappa shape index (κ1) is 17.7. The van der Waals surface area contributed by atoms with E-state index in [9.17, 15) is 10.1 Å². The molecule has 140 valence electrons. The van der Waals surface area contributed by atoms with Gasteiger partial charge in [0.2, 0.25) is 12.6 Å². The van der Waals surface area contributed by atoms with Gasteiger partial charge in [-0.15, -0.1) is 0 Å². The fraction of sp³-hybridized carbons (Fsp3) is 0.182. The molecule has 0 aliphatic carbocycles. The van der Waals surface area contributed by atoms with Gasteiger partial charge in [0.25, 0.3) is 0 Å². The number of nitriles is 1. The molecule has 0 N–H and O–H groups in total. The molecule has 6 nitrogen and oxygen atoms in total. The van der Waals surface area contributed by atoms with Crippen LogP contribution in [0.4, 0.5) is 0 Å². The number of aryl methyl sites for hydroxylation is 1. The predicted molar refractivity (Wildman–Crippen MR) is 102 cm³/mol. The molecule has 0 atom stereocenters. The van der Waals surface area contributed by atoms with Gasteiger partial charge in [0.05, 0.1) is 12.8 Å². The molecule has 2 aromatic heterocycles. The Morgan fingerprint density at radius 3 is 2.79 bits per heavy atom. The number of benzene rings is 1. The summed E-state index contributed by atoms with van der Waals surface area (Å²) in [7, 11) is 0. The normalized spacial score (nSPS) is 12.8. The second kappa shape index (κ2) is 7.12. The zero-order chi connectivity index (χ0) is 19.7. The molecule has 3 heterocycles. The van der Waals surface area contributed by atoms with Gasteiger partial charge in [-0.05, 0) is 61.9 Å². The van der Waals surface area contributed by atoms with E-state index in [0.29, 0.717) is 23.6 Å². The van der Waals surface area contributed by atoms with Crippen molar-refractivity contribution in [1.82, 2.24) is 4.57 Å². The fourth-order valence-electron chi connectivity index (χ4n) is 3.27. The Bertz CT molecular complexity index is 1110. The van der Waals surface area contributed by atoms with Crippen molar-refractivity contribution >= 4 is 11.9 Å². The van der Waals surface area contributed by atoms with Gasteiger partial charge in [0.15, 0.2) is 11.5 Å². The largest absolute Gasteiger partial charge is 0.467 e. The minimum absolute atomic E-state index is 0.0668. The van der Waals surface area contributed by atoms with Crippen LogP contribution in [0, 0.1) is 25.2 Å². The Morgan fingerprint density at radius 1 is 1.21 bits per heavy atom. The SMILES string of the molecule is Cc1cc(/C=C(\C#N)C(=O)c2ccc3c(c2)OCO3)c(C)n1Cc1ccco1. The summed E-state index contributed by atoms with van der Waals surface area (Å²) < 4.78 is 18.1. The van der Waals surface area contributed by atoms with E-state index < -0.39 is 0 Å². The highest BCUT2D eigenvalue weighted by Gasteiger charge is 2.19. The third kappa shape index (κ3) is 3.19. The average molecular weight is 374 g/mol. The van der Waals surface area contributed by atoms with Crippen LogP contribution in [-0.4, -0.2) is 17.1 Å². The Morgan fingerprint density at radius 2 is 2.04 bits per heavy atom. The maximum Gasteiger partial charge on any atom is 0.231 e. The molecular formula is C22H18N2O4. The van der Waals surface area contributed by atoms with Gasteiger partial charge in [0, 0.05) is 17.0 Å². The lowest BCUT2D eigenvalue weighted by Crippen LogP contribution is -2.04. The summed E-state index contributed by atoms with van der Waals surface area (Å²) in [5, 5.41) is 9.57. The molecule has 0 radical (unpaired) electrons. The molecule has 1 aromatic carbocycles. The number of ketones is 1. The van der Waals surface area contributed by atoms with Gasteiger partial charge >= 0.3 is 0 Å². The van der Waals surface area contributed by atoms with E-state index in [1.807, 2.05) is 38.1 Å². The van der Waals surface area contributed by atoms with E-state index in [2.05, 4.69) is 4.57 Å². The van der Waals surface area contributed by atoms with E-state index in [0.717, 1.165) is 22.7 Å². The lowest BCUT2D eigenvalue weighted by molar-refractivity contribution is 0.103. The monoisotopic (exact) mass is 374 g/mol. The van der Waals surface area contributed by atoms with Crippen LogP contribution in [0.2, 0.25) is 0 Å². The Labute approximate surface area is 162 Å². The minimum Gasteiger partial charge on any atom is -0.467 e. The first-order chi connectivity index (χ1) is 13.6. The number of carbonyl (C=O) groups excluding carboxylic acids is 1. The van der Waals surface area contributed by atoms with E-state index in [4.69, 9.17) is 13.9 Å². The first-order valence-electron chi connectivity index (χ1n) is 8.82. The van der Waals surface area contributed by atoms with E-state index in [-0.39, 0.29) is 18.1 Å². The van der Waals surface area contributed by atoms with Crippen LogP contribution < -0.4 is 9.47 Å². The molecule has 3 aromatic rings. The van der Waals surface area contributed by atoms with Crippen molar-refractivity contribution in [2.24, 2.45) is 0 Å². The topological polar surface area (TPSA) is 77.4 Å². The van der Waals surface area contributed by atoms with Gasteiger partial charge in [-0.3, -0.25) is 4.79 Å². The minimum atomic E-state index is -0.350. The Kier molecular flexibility index (Phi) is 4.50. The van der Waals surface area contributed by atoms with Gasteiger partial charge in [0.1, 0.15) is 17.4 Å². The highest BCUT2D eigenvalue weighted by Crippen LogP contribution is 2.33. The van der Waals surface area contributed by atoms with Crippen LogP contribution in [0.3, 0.4) is 0 Å². The molecule has 1 aliphatic heterocycles. The number of aromatic nitrogens is 1. The van der Waals surface area contributed by atoms with Crippen LogP contribution in [0.25, 0.3) is 6.08 Å². The summed E-state index contributed by atoms with van der Waals surface area (Å²) >= 11 is 0. The number of Topliss-reactive ketones (excluding diaryl/α,β-unsaturated/α-hetero) is 1. The van der Waals surface area contributed by atoms with Crippen LogP contribution in [0.1, 0.15) is 33.1 Å². The van der Waals surface area contributed by atoms with Crippen molar-refractivity contribution in [2.75, 3.05) is 6.79 Å². The van der Waals surface area contributed by atoms with Gasteiger partial charge < -0.3 is 18.5 Å². The standard InChI is InChI=1S/C22H18N2O4/c1-14-8-17(15(2)24(14)12-19-4-3-7-26-19)9-18(11-23)22(25)16-5-6-20-21(10-16)28-13-27-20/h3-10H,12-13H2,1-2H3/b18-9+. The van der Waals surface area contributed by atoms with E-state index >= 15 is 0 Å². The van der Waals surface area contributed by atoms with Crippen LogP contribution in [-0.2, 0) is 6.54 Å². The highest BCUT2D eigenvalue weighted by molar-refractivity contribution is 6.14. The van der Waals surface area contributed by atoms with Crippen molar-refractivity contribution in [3.63, 3.8) is 0 Å². The molecule has 6 heteroatoms. The molecule has 0 saturated heterocycles. The zero-order valence-electron chi connectivity index (χ0n) is 15.6. The summed E-state index contributed by atoms with van der Waals surface area (Å²) in [6.07, 6.45) is 3.27. The molecule has 28 heavy (non-hydrogen) atoms. The second-order valence-electron chi connectivity index (χ2n) is 6.56. The highest BCUT2D eigenvalue weighted by atomic mass is 16.7. The Balaban J connectivity index is 1.65. The molecule has 0 spiro atoms. The van der Waals surface area contributed by atoms with Crippen molar-refractivity contribution in [1.29, 1.82) is 5.26 Å². The maximum atomic E-state index is 12.8. The second-order valence-corrected chi connectivity index (χ2v) is 6.56. The number of ether oxygens (including phenoxy) is 2. The molecular weight excluding hydrogens is 356 g/mol. The van der Waals surface area contributed by atoms with Gasteiger partial charge in [-0.25, -0.2) is 0 Å². The van der Waals surface area contributed by atoms with Crippen molar-refractivity contribution in [2.45, 2.75) is 20.4 Å². The fourth-order valence-corrected chi connectivity index (χ4v) is 3.27. The summed E-state index contributed by atoms with van der Waals surface area (Å²) in [5.41, 5.74) is 3.27. The van der Waals surface area contributed by atoms with Crippen LogP contribution >= 0.6 is 0 Å². The number of rotatable bonds is 5. The molecule has 0 unspecified atom stereocenters. The van der Waals surface area contributed by atoms with E-state index in [1.165, 1.54) is 0 Å². The quantitative estimate of drug-likeness (QED) is 0.379. The first-order valence-corrected chi connectivity index (χ1v) is 8.82. The molecule has 0 fully saturated rings. The lowest BCUT2D eigenvalue weighted by atomic mass is 10.0. The van der Waals surface area contributed by atoms with Crippen molar-refractivity contribution < 1.29 is 18.7 Å². The van der Waals surface area contributed by atoms with Crippen LogP contribution in [0.5, 0.6) is 11.5 Å². The van der Waals surface area contributed by atoms with Crippen LogP contribution in [0.15, 0.2) is 52.7 Å². The number of fused-ring (bicyclic) bond motifs is 1. The molecule has 0 amide bonds. The van der Waals surface area contributed by atoms with Gasteiger partial charge in [-0.1, -0.05) is 0 Å². The number of nitrogens with zero attached hydrogens (tertiary/aromatic N) is 2. The number of furan rings is 1. The number of allylic oxidation sites excluding steroid dienone is 1. The third-order valence-corrected chi connectivity index (χ3v) is 4.81. The lowest BCUT2D eigenvalue weighted by Gasteiger charge is -2.07. The summed E-state index contributed by atoms with van der Waals surface area (Å²) in [6, 6.07) is 12.7. The average Bonchev–Trinajstić information content (AvgIpc) is 3.43. The van der Waals surface area contributed by atoms with Crippen molar-refractivity contribution in [3.05, 3.63) is 76.5 Å². The smallest absolute Gasteiger partial charge is 0.231 e. The predicted octanol–water partition coefficient (Wildman–Crippen LogP) is 4.26. The summed E-state index contributed by atoms with van der Waals surface area (Å²) in [6.45, 7) is 4.67. The molecule has 4 rings (SSSR count). The zero-order valence-corrected chi connectivity index (χ0v) is 15.6. The molecule has 0 bridgehead atoms. The Hall–Kier alpha value is -3.72. The van der Waals surface area contributed by atoms with Gasteiger partial charge in [-0.2, -0.15) is 5.26 Å². The number of hydrogen-bond donors (Lipinski definition) is 0. The number of hydrogen-bond acceptors (Lipinski definition) is 5.